The second-order valence-corrected chi connectivity index (χ2v) is 7.38. The fraction of sp³-hybridized carbons (Fsp3) is 0.450. The molecule has 1 amide bonds. The number of allylic oxidation sites excluding steroid dienone is 1. The summed E-state index contributed by atoms with van der Waals surface area (Å²) >= 11 is 0. The Morgan fingerprint density at radius 1 is 1.29 bits per heavy atom. The van der Waals surface area contributed by atoms with Crippen molar-refractivity contribution < 1.29 is 9.59 Å². The van der Waals surface area contributed by atoms with Gasteiger partial charge in [-0.2, -0.15) is 0 Å². The second kappa shape index (κ2) is 5.59. The van der Waals surface area contributed by atoms with Crippen LogP contribution in [0.2, 0.25) is 0 Å². The van der Waals surface area contributed by atoms with Crippen LogP contribution in [0.5, 0.6) is 0 Å². The maximum Gasteiger partial charge on any atom is 0.226 e. The Kier molecular flexibility index (Phi) is 3.83. The Morgan fingerprint density at radius 2 is 1.96 bits per heavy atom. The molecule has 2 atom stereocenters. The summed E-state index contributed by atoms with van der Waals surface area (Å²) in [5, 5.41) is 0. The van der Waals surface area contributed by atoms with Crippen LogP contribution in [-0.2, 0) is 15.0 Å². The van der Waals surface area contributed by atoms with Crippen LogP contribution in [0.4, 0.5) is 0 Å². The molecule has 124 valence electrons. The lowest BCUT2D eigenvalue weighted by Gasteiger charge is -2.55. The number of fused-ring (bicyclic) bond motifs is 1. The summed E-state index contributed by atoms with van der Waals surface area (Å²) in [6.07, 6.45) is 2.59. The molecule has 0 spiro atoms. The number of amides is 1. The maximum absolute atomic E-state index is 12.8. The lowest BCUT2D eigenvalue weighted by atomic mass is 9.53. The van der Waals surface area contributed by atoms with Crippen LogP contribution in [0.15, 0.2) is 42.1 Å². The Bertz CT molecular complexity index is 758. The highest BCUT2D eigenvalue weighted by molar-refractivity contribution is 6.02. The molecule has 1 aromatic rings. The molecule has 0 saturated carbocycles. The van der Waals surface area contributed by atoms with Crippen molar-refractivity contribution in [3.05, 3.63) is 59.1 Å². The molecule has 4 nitrogen and oxygen atoms in total. The molecule has 3 rings (SSSR count). The van der Waals surface area contributed by atoms with Gasteiger partial charge in [0, 0.05) is 30.8 Å². The molecule has 1 aliphatic heterocycles. The lowest BCUT2D eigenvalue weighted by Crippen LogP contribution is -2.59. The third-order valence-corrected chi connectivity index (χ3v) is 5.72. The van der Waals surface area contributed by atoms with Gasteiger partial charge >= 0.3 is 0 Å². The van der Waals surface area contributed by atoms with Gasteiger partial charge in [0.05, 0.1) is 6.57 Å². The summed E-state index contributed by atoms with van der Waals surface area (Å²) in [5.74, 6) is 0.0301. The molecule has 1 aliphatic carbocycles. The summed E-state index contributed by atoms with van der Waals surface area (Å²) in [4.78, 5) is 30.1. The first-order chi connectivity index (χ1) is 11.3. The number of likely N-dealkylation sites (tertiary alicyclic amines) is 1. The normalized spacial score (nSPS) is 28.6. The second-order valence-electron chi connectivity index (χ2n) is 7.38. The highest BCUT2D eigenvalue weighted by Crippen LogP contribution is 2.53. The van der Waals surface area contributed by atoms with E-state index in [1.165, 1.54) is 0 Å². The average Bonchev–Trinajstić information content (AvgIpc) is 2.58. The summed E-state index contributed by atoms with van der Waals surface area (Å²) in [6, 6.07) is 9.99. The molecule has 0 unspecified atom stereocenters. The minimum absolute atomic E-state index is 0.0382. The van der Waals surface area contributed by atoms with Crippen molar-refractivity contribution in [1.29, 1.82) is 0 Å². The molecule has 0 N–H and O–H groups in total. The van der Waals surface area contributed by atoms with E-state index in [4.69, 9.17) is 6.57 Å². The molecule has 1 saturated heterocycles. The van der Waals surface area contributed by atoms with Gasteiger partial charge in [0.2, 0.25) is 11.6 Å². The molecule has 0 aromatic heterocycles. The van der Waals surface area contributed by atoms with Crippen molar-refractivity contribution in [2.45, 2.75) is 32.6 Å². The fourth-order valence-corrected chi connectivity index (χ4v) is 4.47. The van der Waals surface area contributed by atoms with Crippen LogP contribution < -0.4 is 0 Å². The summed E-state index contributed by atoms with van der Waals surface area (Å²) in [5.41, 5.74) is 0.170. The van der Waals surface area contributed by atoms with Gasteiger partial charge in [0.15, 0.2) is 5.78 Å². The largest absolute Gasteiger partial charge is 0.342 e. The minimum atomic E-state index is -0.618. The van der Waals surface area contributed by atoms with E-state index in [1.54, 1.807) is 6.92 Å². The first kappa shape index (κ1) is 16.4. The van der Waals surface area contributed by atoms with E-state index in [9.17, 15) is 9.59 Å². The van der Waals surface area contributed by atoms with Crippen LogP contribution in [0.3, 0.4) is 0 Å². The molecule has 2 aliphatic rings. The van der Waals surface area contributed by atoms with Gasteiger partial charge in [-0.3, -0.25) is 4.79 Å². The maximum atomic E-state index is 12.8. The van der Waals surface area contributed by atoms with E-state index in [0.717, 1.165) is 12.0 Å². The average molecular weight is 322 g/mol. The van der Waals surface area contributed by atoms with Crippen molar-refractivity contribution in [3.63, 3.8) is 0 Å². The topological polar surface area (TPSA) is 41.7 Å². The molecule has 1 heterocycles. The Labute approximate surface area is 143 Å². The van der Waals surface area contributed by atoms with E-state index in [0.29, 0.717) is 13.1 Å². The molecule has 1 aromatic carbocycles. The third kappa shape index (κ3) is 2.27. The summed E-state index contributed by atoms with van der Waals surface area (Å²) in [6.45, 7) is 14.1. The van der Waals surface area contributed by atoms with Crippen LogP contribution >= 0.6 is 0 Å². The zero-order chi connectivity index (χ0) is 17.5. The molecule has 4 heteroatoms. The van der Waals surface area contributed by atoms with Gasteiger partial charge in [-0.05, 0) is 17.9 Å². The monoisotopic (exact) mass is 322 g/mol. The van der Waals surface area contributed by atoms with Crippen molar-refractivity contribution in [2.24, 2.45) is 11.3 Å². The van der Waals surface area contributed by atoms with Crippen molar-refractivity contribution in [3.8, 4) is 0 Å². The number of piperidine rings is 1. The number of hydrogen-bond acceptors (Lipinski definition) is 2. The number of nitrogens with zero attached hydrogens (tertiary/aromatic N) is 2. The summed E-state index contributed by atoms with van der Waals surface area (Å²) in [7, 11) is 0. The van der Waals surface area contributed by atoms with Gasteiger partial charge in [-0.1, -0.05) is 50.3 Å². The van der Waals surface area contributed by atoms with Crippen molar-refractivity contribution in [2.75, 3.05) is 13.1 Å². The van der Waals surface area contributed by atoms with Crippen molar-refractivity contribution in [1.82, 2.24) is 4.90 Å². The van der Waals surface area contributed by atoms with Gasteiger partial charge < -0.3 is 9.69 Å². The Hall–Kier alpha value is -2.41. The number of carbonyl (C=O) groups is 2. The fourth-order valence-electron chi connectivity index (χ4n) is 4.47. The lowest BCUT2D eigenvalue weighted by molar-refractivity contribution is -0.136. The SMILES string of the molecule is [C-]#[N+]C1=C[C@]2(c3ccccc3)CN(C(C)=O)CC[C@H]2C(C)(C)C1=O. The van der Waals surface area contributed by atoms with E-state index in [2.05, 4.69) is 4.85 Å². The Balaban J connectivity index is 2.25. The van der Waals surface area contributed by atoms with Crippen LogP contribution in [0, 0.1) is 17.9 Å². The third-order valence-electron chi connectivity index (χ3n) is 5.72. The van der Waals surface area contributed by atoms with Gasteiger partial charge in [0.25, 0.3) is 0 Å². The first-order valence-corrected chi connectivity index (χ1v) is 8.29. The van der Waals surface area contributed by atoms with Gasteiger partial charge in [-0.25, -0.2) is 4.85 Å². The molecular formula is C20H22N2O2. The van der Waals surface area contributed by atoms with Crippen LogP contribution in [-0.4, -0.2) is 29.7 Å². The van der Waals surface area contributed by atoms with E-state index < -0.39 is 10.8 Å². The number of rotatable bonds is 1. The van der Waals surface area contributed by atoms with Gasteiger partial charge in [-0.15, -0.1) is 0 Å². The highest BCUT2D eigenvalue weighted by Gasteiger charge is 2.56. The number of Topliss-reactive ketones (excluding diaryl/α,β-unsaturated/α-hetero) is 1. The molecular weight excluding hydrogens is 300 g/mol. The number of benzene rings is 1. The predicted molar refractivity (Wildman–Crippen MR) is 92.0 cm³/mol. The molecule has 0 bridgehead atoms. The number of hydrogen-bond donors (Lipinski definition) is 0. The van der Waals surface area contributed by atoms with E-state index in [1.807, 2.05) is 55.2 Å². The van der Waals surface area contributed by atoms with E-state index in [-0.39, 0.29) is 23.3 Å². The molecule has 24 heavy (non-hydrogen) atoms. The number of ketones is 1. The quantitative estimate of drug-likeness (QED) is 0.745. The first-order valence-electron chi connectivity index (χ1n) is 8.29. The minimum Gasteiger partial charge on any atom is -0.342 e. The van der Waals surface area contributed by atoms with Crippen molar-refractivity contribution >= 4 is 11.7 Å². The Morgan fingerprint density at radius 3 is 2.54 bits per heavy atom. The number of carbonyl (C=O) groups excluding carboxylic acids is 2. The van der Waals surface area contributed by atoms with E-state index >= 15 is 0 Å². The predicted octanol–water partition coefficient (Wildman–Crippen LogP) is 3.20. The van der Waals surface area contributed by atoms with Crippen LogP contribution in [0.25, 0.3) is 4.85 Å². The zero-order valence-corrected chi connectivity index (χ0v) is 14.4. The molecule has 0 radical (unpaired) electrons. The zero-order valence-electron chi connectivity index (χ0n) is 14.4. The van der Waals surface area contributed by atoms with Crippen LogP contribution in [0.1, 0.15) is 32.8 Å². The summed E-state index contributed by atoms with van der Waals surface area (Å²) < 4.78 is 0. The smallest absolute Gasteiger partial charge is 0.226 e. The highest BCUT2D eigenvalue weighted by atomic mass is 16.2. The van der Waals surface area contributed by atoms with Gasteiger partial charge in [0.1, 0.15) is 0 Å². The molecule has 1 fully saturated rings. The standard InChI is InChI=1S/C20H22N2O2/c1-14(23)22-11-10-17-19(2,3)18(24)16(21-4)12-20(17,13-22)15-8-6-5-7-9-15/h5-9,12,17H,10-11,13H2,1-3H3/t17-,20+/m0/s1.